The van der Waals surface area contributed by atoms with Gasteiger partial charge in [-0.1, -0.05) is 25.1 Å². The molecule has 2 heterocycles. The predicted octanol–water partition coefficient (Wildman–Crippen LogP) is 5.88. The van der Waals surface area contributed by atoms with E-state index in [1.165, 1.54) is 18.2 Å². The Balaban J connectivity index is 0.000000176. The summed E-state index contributed by atoms with van der Waals surface area (Å²) in [5, 5.41) is 14.6. The largest absolute Gasteiger partial charge is 0.416 e. The molecule has 3 aromatic rings. The molecular formula is C23H24F3N3O2. The molecule has 0 unspecified atom stereocenters. The first kappa shape index (κ1) is 22.7. The maximum absolute atomic E-state index is 12.4. The molecule has 0 spiro atoms. The van der Waals surface area contributed by atoms with Gasteiger partial charge in [-0.25, -0.2) is 0 Å². The van der Waals surface area contributed by atoms with Crippen molar-refractivity contribution < 1.29 is 18.1 Å². The molecule has 0 saturated carbocycles. The number of nitrogens with zero attached hydrogens (tertiary/aromatic N) is 2. The van der Waals surface area contributed by atoms with Crippen LogP contribution in [0.15, 0.2) is 54.6 Å². The van der Waals surface area contributed by atoms with Crippen molar-refractivity contribution in [2.75, 3.05) is 13.1 Å². The third-order valence-electron chi connectivity index (χ3n) is 5.35. The average molecular weight is 431 g/mol. The number of aryl methyl sites for hydroxylation is 1. The van der Waals surface area contributed by atoms with Gasteiger partial charge in [-0.3, -0.25) is 15.1 Å². The minimum absolute atomic E-state index is 0.105. The lowest BCUT2D eigenvalue weighted by atomic mass is 9.90. The van der Waals surface area contributed by atoms with E-state index in [1.807, 2.05) is 19.1 Å². The Morgan fingerprint density at radius 2 is 1.74 bits per heavy atom. The van der Waals surface area contributed by atoms with Crippen LogP contribution in [-0.4, -0.2) is 23.0 Å². The first-order chi connectivity index (χ1) is 14.8. The minimum atomic E-state index is -4.23. The molecule has 164 valence electrons. The highest BCUT2D eigenvalue weighted by molar-refractivity contribution is 5.81. The highest BCUT2D eigenvalue weighted by atomic mass is 19.4. The standard InChI is InChI=1S/C12H14F3N.C11H10N2O2/c13-12(14,15)11-3-1-9(2-4-11)10-5-7-16-8-6-10;1-2-9-4-3-8-7-10(13(14)15)5-6-11(8)12-9/h1-4,10,16H,5-8H2;3-7H,2H2,1H3. The summed E-state index contributed by atoms with van der Waals surface area (Å²) in [4.78, 5) is 14.5. The number of benzene rings is 2. The van der Waals surface area contributed by atoms with Crippen LogP contribution in [-0.2, 0) is 12.6 Å². The van der Waals surface area contributed by atoms with Crippen LogP contribution in [0.2, 0.25) is 0 Å². The number of piperidine rings is 1. The van der Waals surface area contributed by atoms with E-state index in [4.69, 9.17) is 0 Å². The highest BCUT2D eigenvalue weighted by Gasteiger charge is 2.30. The number of nitrogens with one attached hydrogen (secondary N) is 1. The predicted molar refractivity (Wildman–Crippen MR) is 114 cm³/mol. The fraction of sp³-hybridized carbons (Fsp3) is 0.348. The first-order valence-electron chi connectivity index (χ1n) is 10.2. The first-order valence-corrected chi connectivity index (χ1v) is 10.2. The van der Waals surface area contributed by atoms with E-state index in [9.17, 15) is 23.3 Å². The number of aromatic nitrogens is 1. The van der Waals surface area contributed by atoms with Crippen molar-refractivity contribution in [3.05, 3.63) is 81.5 Å². The molecular weight excluding hydrogens is 407 g/mol. The molecule has 0 amide bonds. The van der Waals surface area contributed by atoms with Gasteiger partial charge in [-0.05, 0) is 68.1 Å². The fourth-order valence-corrected chi connectivity index (χ4v) is 3.57. The van der Waals surface area contributed by atoms with Crippen LogP contribution in [0.25, 0.3) is 10.9 Å². The Hall–Kier alpha value is -3.00. The van der Waals surface area contributed by atoms with Gasteiger partial charge >= 0.3 is 6.18 Å². The van der Waals surface area contributed by atoms with E-state index in [0.29, 0.717) is 5.92 Å². The second-order valence-electron chi connectivity index (χ2n) is 7.43. The Labute approximate surface area is 178 Å². The van der Waals surface area contributed by atoms with Gasteiger partial charge < -0.3 is 5.32 Å². The molecule has 4 rings (SSSR count). The van der Waals surface area contributed by atoms with Gasteiger partial charge in [0.25, 0.3) is 5.69 Å². The monoisotopic (exact) mass is 431 g/mol. The zero-order valence-electron chi connectivity index (χ0n) is 17.2. The van der Waals surface area contributed by atoms with E-state index in [-0.39, 0.29) is 5.69 Å². The van der Waals surface area contributed by atoms with Crippen molar-refractivity contribution in [2.45, 2.75) is 38.3 Å². The summed E-state index contributed by atoms with van der Waals surface area (Å²) >= 11 is 0. The van der Waals surface area contributed by atoms with Crippen LogP contribution in [0.3, 0.4) is 0 Å². The number of halogens is 3. The molecule has 1 aliphatic rings. The molecule has 1 saturated heterocycles. The van der Waals surface area contributed by atoms with Crippen LogP contribution >= 0.6 is 0 Å². The van der Waals surface area contributed by atoms with E-state index < -0.39 is 16.7 Å². The summed E-state index contributed by atoms with van der Waals surface area (Å²) in [6.45, 7) is 3.93. The molecule has 1 aromatic heterocycles. The third-order valence-corrected chi connectivity index (χ3v) is 5.35. The van der Waals surface area contributed by atoms with Gasteiger partial charge in [0, 0.05) is 23.2 Å². The number of non-ortho nitro benzene ring substituents is 1. The van der Waals surface area contributed by atoms with Crippen LogP contribution < -0.4 is 5.32 Å². The molecule has 1 fully saturated rings. The van der Waals surface area contributed by atoms with Crippen molar-refractivity contribution in [1.29, 1.82) is 0 Å². The Kier molecular flexibility index (Phi) is 7.22. The van der Waals surface area contributed by atoms with E-state index in [0.717, 1.165) is 54.5 Å². The van der Waals surface area contributed by atoms with Crippen LogP contribution in [0, 0.1) is 10.1 Å². The second kappa shape index (κ2) is 9.87. The van der Waals surface area contributed by atoms with Crippen LogP contribution in [0.4, 0.5) is 18.9 Å². The van der Waals surface area contributed by atoms with Crippen molar-refractivity contribution in [3.8, 4) is 0 Å². The Morgan fingerprint density at radius 3 is 2.32 bits per heavy atom. The molecule has 0 aliphatic carbocycles. The van der Waals surface area contributed by atoms with Gasteiger partial charge in [0.05, 0.1) is 16.0 Å². The Morgan fingerprint density at radius 1 is 1.06 bits per heavy atom. The summed E-state index contributed by atoms with van der Waals surface area (Å²) in [7, 11) is 0. The second-order valence-corrected chi connectivity index (χ2v) is 7.43. The molecule has 1 aliphatic heterocycles. The molecule has 8 heteroatoms. The van der Waals surface area contributed by atoms with Gasteiger partial charge in [-0.2, -0.15) is 13.2 Å². The van der Waals surface area contributed by atoms with Crippen LogP contribution in [0.5, 0.6) is 0 Å². The lowest BCUT2D eigenvalue weighted by Gasteiger charge is -2.23. The van der Waals surface area contributed by atoms with Gasteiger partial charge in [0.1, 0.15) is 0 Å². The molecule has 31 heavy (non-hydrogen) atoms. The number of hydrogen-bond donors (Lipinski definition) is 1. The topological polar surface area (TPSA) is 68.1 Å². The lowest BCUT2D eigenvalue weighted by molar-refractivity contribution is -0.384. The number of fused-ring (bicyclic) bond motifs is 1. The molecule has 0 bridgehead atoms. The van der Waals surface area contributed by atoms with Gasteiger partial charge in [0.2, 0.25) is 0 Å². The van der Waals surface area contributed by atoms with Gasteiger partial charge in [-0.15, -0.1) is 0 Å². The minimum Gasteiger partial charge on any atom is -0.317 e. The van der Waals surface area contributed by atoms with E-state index >= 15 is 0 Å². The normalized spacial score (nSPS) is 14.7. The summed E-state index contributed by atoms with van der Waals surface area (Å²) in [6, 6.07) is 14.1. The van der Waals surface area contributed by atoms with Crippen molar-refractivity contribution in [2.24, 2.45) is 0 Å². The quantitative estimate of drug-likeness (QED) is 0.416. The maximum atomic E-state index is 12.4. The summed E-state index contributed by atoms with van der Waals surface area (Å²) in [5.41, 5.74) is 2.37. The van der Waals surface area contributed by atoms with E-state index in [2.05, 4.69) is 10.3 Å². The Bertz CT molecular complexity index is 1030. The number of nitro benzene ring substituents is 1. The number of pyridine rings is 1. The maximum Gasteiger partial charge on any atom is 0.416 e. The van der Waals surface area contributed by atoms with Crippen molar-refractivity contribution >= 4 is 16.6 Å². The SMILES string of the molecule is CCc1ccc2cc([N+](=O)[O-])ccc2n1.FC(F)(F)c1ccc(C2CCNCC2)cc1. The number of nitro groups is 1. The van der Waals surface area contributed by atoms with Gasteiger partial charge in [0.15, 0.2) is 0 Å². The average Bonchev–Trinajstić information content (AvgIpc) is 2.79. The smallest absolute Gasteiger partial charge is 0.317 e. The fourth-order valence-electron chi connectivity index (χ4n) is 3.57. The molecule has 5 nitrogen and oxygen atoms in total. The highest BCUT2D eigenvalue weighted by Crippen LogP contribution is 2.31. The number of rotatable bonds is 3. The van der Waals surface area contributed by atoms with Crippen molar-refractivity contribution in [3.63, 3.8) is 0 Å². The molecule has 1 N–H and O–H groups in total. The molecule has 0 radical (unpaired) electrons. The summed E-state index contributed by atoms with van der Waals surface area (Å²) in [6.07, 6.45) is -1.35. The lowest BCUT2D eigenvalue weighted by Crippen LogP contribution is -2.26. The molecule has 0 atom stereocenters. The third kappa shape index (κ3) is 6.01. The number of alkyl halides is 3. The number of hydrogen-bond acceptors (Lipinski definition) is 4. The zero-order valence-corrected chi connectivity index (χ0v) is 17.2. The summed E-state index contributed by atoms with van der Waals surface area (Å²) in [5.74, 6) is 0.406. The van der Waals surface area contributed by atoms with Crippen LogP contribution in [0.1, 0.15) is 42.5 Å². The summed E-state index contributed by atoms with van der Waals surface area (Å²) < 4.78 is 37.1. The zero-order chi connectivity index (χ0) is 22.4. The van der Waals surface area contributed by atoms with E-state index in [1.54, 1.807) is 24.3 Å². The molecule has 2 aromatic carbocycles. The van der Waals surface area contributed by atoms with Crippen molar-refractivity contribution in [1.82, 2.24) is 10.3 Å².